The lowest BCUT2D eigenvalue weighted by Crippen LogP contribution is -1.84. The van der Waals surface area contributed by atoms with Gasteiger partial charge >= 0.3 is 0 Å². The lowest BCUT2D eigenvalue weighted by atomic mass is 10.1. The number of hydrogen-bond donors (Lipinski definition) is 0. The van der Waals surface area contributed by atoms with Crippen LogP contribution in [0, 0.1) is 0 Å². The fourth-order valence-electron chi connectivity index (χ4n) is 1.21. The van der Waals surface area contributed by atoms with Gasteiger partial charge in [0.2, 0.25) is 11.8 Å². The summed E-state index contributed by atoms with van der Waals surface area (Å²) in [5.74, 6) is -1.37. The molecule has 0 aromatic heterocycles. The maximum Gasteiger partial charge on any atom is 0.242 e. The monoisotopic (exact) mass is 268 g/mol. The second-order valence-corrected chi connectivity index (χ2v) is 3.39. The van der Waals surface area contributed by atoms with Gasteiger partial charge in [-0.25, -0.2) is 0 Å². The molecule has 0 aliphatic rings. The fourth-order valence-corrected chi connectivity index (χ4v) is 1.21. The molecule has 2 amide bonds. The van der Waals surface area contributed by atoms with Gasteiger partial charge in [-0.1, -0.05) is 36.4 Å². The molecule has 0 N–H and O–H groups in total. The number of carbonyl (C=O) groups excluding carboxylic acids is 2. The Balaban J connectivity index is 2.74. The molecule has 0 fully saturated rings. The minimum Gasteiger partial charge on any atom is -0.288 e. The standard InChI is InChI=1S/C12H8N6O2/c13-17-15-11(19)7-5-9-1-2-10(4-3-9)6-8-12(20)16-18-14/h1-8H/b7-5+,8-6+. The number of hydrogen-bond acceptors (Lipinski definition) is 2. The van der Waals surface area contributed by atoms with E-state index in [0.717, 1.165) is 23.3 Å². The molecule has 0 heterocycles. The summed E-state index contributed by atoms with van der Waals surface area (Å²) in [5.41, 5.74) is 17.6. The van der Waals surface area contributed by atoms with Crippen LogP contribution in [0.1, 0.15) is 11.1 Å². The summed E-state index contributed by atoms with van der Waals surface area (Å²) in [6.07, 6.45) is 5.29. The van der Waals surface area contributed by atoms with Crippen LogP contribution in [0.4, 0.5) is 0 Å². The first-order valence-electron chi connectivity index (χ1n) is 5.30. The van der Waals surface area contributed by atoms with Crippen LogP contribution in [-0.4, -0.2) is 11.8 Å². The molecule has 1 aromatic carbocycles. The number of benzene rings is 1. The molecule has 20 heavy (non-hydrogen) atoms. The Morgan fingerprint density at radius 2 is 1.20 bits per heavy atom. The van der Waals surface area contributed by atoms with E-state index >= 15 is 0 Å². The summed E-state index contributed by atoms with van der Waals surface area (Å²) in [4.78, 5) is 26.6. The van der Waals surface area contributed by atoms with E-state index in [1.165, 1.54) is 12.2 Å². The van der Waals surface area contributed by atoms with Crippen molar-refractivity contribution in [3.05, 3.63) is 68.4 Å². The maximum absolute atomic E-state index is 10.9. The van der Waals surface area contributed by atoms with Gasteiger partial charge in [-0.3, -0.25) is 9.59 Å². The van der Waals surface area contributed by atoms with Crippen LogP contribution in [0.2, 0.25) is 0 Å². The maximum atomic E-state index is 10.9. The fraction of sp³-hybridized carbons (Fsp3) is 0. The van der Waals surface area contributed by atoms with Crippen molar-refractivity contribution >= 4 is 24.0 Å². The Labute approximate surface area is 113 Å². The van der Waals surface area contributed by atoms with Crippen molar-refractivity contribution in [3.8, 4) is 0 Å². The topological polar surface area (TPSA) is 132 Å². The van der Waals surface area contributed by atoms with Gasteiger partial charge in [0, 0.05) is 9.82 Å². The third-order valence-corrected chi connectivity index (χ3v) is 2.06. The average Bonchev–Trinajstić information content (AvgIpc) is 2.45. The van der Waals surface area contributed by atoms with Crippen molar-refractivity contribution in [1.82, 2.24) is 0 Å². The van der Waals surface area contributed by atoms with Gasteiger partial charge in [0.25, 0.3) is 0 Å². The SMILES string of the molecule is [N-]=[N+]=NC(=O)/C=C/c1ccc(/C=C/C(=O)N=[N+]=[N-])cc1. The number of azide groups is 2. The molecule has 8 nitrogen and oxygen atoms in total. The van der Waals surface area contributed by atoms with Gasteiger partial charge in [0.15, 0.2) is 0 Å². The van der Waals surface area contributed by atoms with Gasteiger partial charge in [-0.15, -0.1) is 0 Å². The summed E-state index contributed by atoms with van der Waals surface area (Å²) in [5, 5.41) is 5.78. The first-order chi connectivity index (χ1) is 9.65. The Morgan fingerprint density at radius 3 is 1.50 bits per heavy atom. The summed E-state index contributed by atoms with van der Waals surface area (Å²) in [6, 6.07) is 6.82. The molecule has 0 unspecified atom stereocenters. The number of amides is 2. The van der Waals surface area contributed by atoms with Gasteiger partial charge in [-0.2, -0.15) is 0 Å². The van der Waals surface area contributed by atoms with Crippen LogP contribution in [0.5, 0.6) is 0 Å². The van der Waals surface area contributed by atoms with Crippen LogP contribution < -0.4 is 0 Å². The normalized spacial score (nSPS) is 10.0. The predicted molar refractivity (Wildman–Crippen MR) is 72.8 cm³/mol. The smallest absolute Gasteiger partial charge is 0.242 e. The average molecular weight is 268 g/mol. The van der Waals surface area contributed by atoms with E-state index < -0.39 is 11.8 Å². The number of rotatable bonds is 4. The molecular formula is C12H8N6O2. The zero-order valence-electron chi connectivity index (χ0n) is 10.1. The highest BCUT2D eigenvalue weighted by atomic mass is 16.2. The Kier molecular flexibility index (Phi) is 5.80. The molecule has 0 radical (unpaired) electrons. The Hall–Kier alpha value is -3.34. The molecule has 98 valence electrons. The lowest BCUT2D eigenvalue weighted by molar-refractivity contribution is -0.114. The Morgan fingerprint density at radius 1 is 0.850 bits per heavy atom. The van der Waals surface area contributed by atoms with E-state index in [4.69, 9.17) is 11.1 Å². The van der Waals surface area contributed by atoms with Crippen molar-refractivity contribution in [2.75, 3.05) is 0 Å². The molecule has 0 bridgehead atoms. The predicted octanol–water partition coefficient (Wildman–Crippen LogP) is 3.39. The zero-order chi connectivity index (χ0) is 14.8. The molecule has 1 rings (SSSR count). The van der Waals surface area contributed by atoms with E-state index in [0.29, 0.717) is 0 Å². The highest BCUT2D eigenvalue weighted by Gasteiger charge is 1.93. The molecule has 0 saturated carbocycles. The van der Waals surface area contributed by atoms with Gasteiger partial charge in [0.1, 0.15) is 0 Å². The molecule has 8 heteroatoms. The van der Waals surface area contributed by atoms with Crippen molar-refractivity contribution in [3.63, 3.8) is 0 Å². The van der Waals surface area contributed by atoms with Crippen LogP contribution >= 0.6 is 0 Å². The first-order valence-corrected chi connectivity index (χ1v) is 5.30. The molecular weight excluding hydrogens is 260 g/mol. The van der Waals surface area contributed by atoms with Crippen LogP contribution in [0.3, 0.4) is 0 Å². The van der Waals surface area contributed by atoms with Crippen LogP contribution in [0.15, 0.2) is 46.6 Å². The van der Waals surface area contributed by atoms with Gasteiger partial charge < -0.3 is 0 Å². The second-order valence-electron chi connectivity index (χ2n) is 3.39. The summed E-state index contributed by atoms with van der Waals surface area (Å²) in [6.45, 7) is 0. The van der Waals surface area contributed by atoms with Crippen molar-refractivity contribution in [1.29, 1.82) is 0 Å². The van der Waals surface area contributed by atoms with E-state index in [9.17, 15) is 9.59 Å². The molecule has 0 aliphatic heterocycles. The van der Waals surface area contributed by atoms with E-state index in [1.54, 1.807) is 24.3 Å². The number of nitrogens with zero attached hydrogens (tertiary/aromatic N) is 6. The largest absolute Gasteiger partial charge is 0.288 e. The summed E-state index contributed by atoms with van der Waals surface area (Å²) >= 11 is 0. The van der Waals surface area contributed by atoms with Crippen LogP contribution in [0.25, 0.3) is 33.0 Å². The van der Waals surface area contributed by atoms with Gasteiger partial charge in [-0.05, 0) is 44.6 Å². The van der Waals surface area contributed by atoms with E-state index in [1.807, 2.05) is 0 Å². The van der Waals surface area contributed by atoms with Gasteiger partial charge in [0.05, 0.1) is 0 Å². The lowest BCUT2D eigenvalue weighted by Gasteiger charge is -1.95. The zero-order valence-corrected chi connectivity index (χ0v) is 10.1. The van der Waals surface area contributed by atoms with Crippen LogP contribution in [-0.2, 0) is 9.59 Å². The second kappa shape index (κ2) is 7.88. The highest BCUT2D eigenvalue weighted by Crippen LogP contribution is 2.08. The molecule has 0 aliphatic carbocycles. The van der Waals surface area contributed by atoms with E-state index in [2.05, 4.69) is 20.1 Å². The van der Waals surface area contributed by atoms with Crippen molar-refractivity contribution < 1.29 is 9.59 Å². The highest BCUT2D eigenvalue weighted by molar-refractivity contribution is 5.93. The minimum absolute atomic E-state index is 0.684. The molecule has 0 spiro atoms. The van der Waals surface area contributed by atoms with Crippen molar-refractivity contribution in [2.45, 2.75) is 0 Å². The van der Waals surface area contributed by atoms with E-state index in [-0.39, 0.29) is 0 Å². The first kappa shape index (κ1) is 14.7. The summed E-state index contributed by atoms with van der Waals surface area (Å²) in [7, 11) is 0. The minimum atomic E-state index is -0.684. The third kappa shape index (κ3) is 5.33. The molecule has 0 atom stereocenters. The molecule has 1 aromatic rings. The number of carbonyl (C=O) groups is 2. The third-order valence-electron chi connectivity index (χ3n) is 2.06. The Bertz CT molecular complexity index is 603. The molecule has 0 saturated heterocycles. The summed E-state index contributed by atoms with van der Waals surface area (Å²) < 4.78 is 0. The quantitative estimate of drug-likeness (QED) is 0.358. The van der Waals surface area contributed by atoms with Crippen molar-refractivity contribution in [2.24, 2.45) is 10.2 Å².